The zero-order valence-electron chi connectivity index (χ0n) is 17.9. The van der Waals surface area contributed by atoms with E-state index < -0.39 is 0 Å². The second-order valence-electron chi connectivity index (χ2n) is 9.44. The smallest absolute Gasteiger partial charge is 0.0704 e. The van der Waals surface area contributed by atoms with E-state index in [0.717, 1.165) is 5.69 Å². The Morgan fingerprint density at radius 3 is 2.28 bits per heavy atom. The second-order valence-corrected chi connectivity index (χ2v) is 9.44. The third kappa shape index (κ3) is 2.50. The van der Waals surface area contributed by atoms with Crippen LogP contribution in [-0.4, -0.2) is 4.98 Å². The number of benzene rings is 3. The number of hydrogen-bond donors (Lipinski definition) is 0. The van der Waals surface area contributed by atoms with E-state index in [2.05, 4.69) is 106 Å². The maximum Gasteiger partial charge on any atom is 0.0704 e. The Kier molecular flexibility index (Phi) is 3.77. The van der Waals surface area contributed by atoms with Gasteiger partial charge in [-0.2, -0.15) is 0 Å². The predicted molar refractivity (Wildman–Crippen MR) is 123 cm³/mol. The van der Waals surface area contributed by atoms with Crippen molar-refractivity contribution in [3.63, 3.8) is 0 Å². The van der Waals surface area contributed by atoms with E-state index in [-0.39, 0.29) is 10.8 Å². The molecule has 1 heterocycles. The Morgan fingerprint density at radius 2 is 1.48 bits per heavy atom. The minimum atomic E-state index is -0.0146. The van der Waals surface area contributed by atoms with E-state index in [1.54, 1.807) is 0 Å². The van der Waals surface area contributed by atoms with Crippen LogP contribution in [-0.2, 0) is 10.8 Å². The molecule has 0 fully saturated rings. The summed E-state index contributed by atoms with van der Waals surface area (Å²) >= 11 is 0. The summed E-state index contributed by atoms with van der Waals surface area (Å²) in [4.78, 5) is 4.63. The fourth-order valence-electron chi connectivity index (χ4n) is 4.97. The van der Waals surface area contributed by atoms with Gasteiger partial charge in [0.1, 0.15) is 0 Å². The first-order chi connectivity index (χ1) is 13.8. The molecule has 0 aliphatic heterocycles. The van der Waals surface area contributed by atoms with E-state index in [1.807, 2.05) is 6.20 Å². The molecule has 0 saturated heterocycles. The van der Waals surface area contributed by atoms with Crippen molar-refractivity contribution in [3.8, 4) is 22.4 Å². The van der Waals surface area contributed by atoms with Crippen molar-refractivity contribution in [2.24, 2.45) is 0 Å². The highest BCUT2D eigenvalue weighted by Crippen LogP contribution is 2.56. The van der Waals surface area contributed by atoms with Crippen LogP contribution in [0.1, 0.15) is 44.4 Å². The van der Waals surface area contributed by atoms with Gasteiger partial charge in [0, 0.05) is 17.2 Å². The molecule has 1 heteroatoms. The lowest BCUT2D eigenvalue weighted by molar-refractivity contribution is 0.301. The van der Waals surface area contributed by atoms with Gasteiger partial charge in [-0.3, -0.25) is 4.98 Å². The van der Waals surface area contributed by atoms with Crippen LogP contribution < -0.4 is 0 Å². The molecule has 1 aliphatic rings. The van der Waals surface area contributed by atoms with Crippen LogP contribution in [0.15, 0.2) is 72.9 Å². The summed E-state index contributed by atoms with van der Waals surface area (Å²) in [6.45, 7) is 11.7. The van der Waals surface area contributed by atoms with Crippen molar-refractivity contribution in [1.29, 1.82) is 0 Å². The lowest BCUT2D eigenvalue weighted by Crippen LogP contribution is -2.43. The summed E-state index contributed by atoms with van der Waals surface area (Å²) in [5.74, 6) is 0. The summed E-state index contributed by atoms with van der Waals surface area (Å²) < 4.78 is 0. The summed E-state index contributed by atoms with van der Waals surface area (Å²) in [7, 11) is 0. The molecule has 144 valence electrons. The monoisotopic (exact) mass is 377 g/mol. The largest absolute Gasteiger partial charge is 0.256 e. The average Bonchev–Trinajstić information content (AvgIpc) is 2.71. The third-order valence-corrected chi connectivity index (χ3v) is 7.31. The quantitative estimate of drug-likeness (QED) is 0.336. The van der Waals surface area contributed by atoms with Gasteiger partial charge >= 0.3 is 0 Å². The maximum absolute atomic E-state index is 4.63. The van der Waals surface area contributed by atoms with Crippen molar-refractivity contribution in [2.45, 2.75) is 45.4 Å². The van der Waals surface area contributed by atoms with Crippen LogP contribution in [0.4, 0.5) is 0 Å². The molecule has 0 unspecified atom stereocenters. The number of rotatable bonds is 1. The molecular weight excluding hydrogens is 350 g/mol. The van der Waals surface area contributed by atoms with Crippen LogP contribution >= 0.6 is 0 Å². The third-order valence-electron chi connectivity index (χ3n) is 7.31. The number of hydrogen-bond acceptors (Lipinski definition) is 1. The zero-order valence-corrected chi connectivity index (χ0v) is 17.9. The molecule has 3 aromatic carbocycles. The fraction of sp³-hybridized carbons (Fsp3) is 0.250. The Hall–Kier alpha value is -2.93. The van der Waals surface area contributed by atoms with Gasteiger partial charge in [0.05, 0.1) is 5.69 Å². The van der Waals surface area contributed by atoms with Gasteiger partial charge in [0.2, 0.25) is 0 Å². The van der Waals surface area contributed by atoms with Crippen LogP contribution in [0.5, 0.6) is 0 Å². The van der Waals surface area contributed by atoms with E-state index in [9.17, 15) is 0 Å². The van der Waals surface area contributed by atoms with Crippen LogP contribution in [0, 0.1) is 6.92 Å². The Bertz CT molecular complexity index is 1260. The van der Waals surface area contributed by atoms with Crippen molar-refractivity contribution in [2.75, 3.05) is 0 Å². The standard InChI is InChI=1S/C28H27N/c1-18-14-15-29-25(16-18)20-11-12-22-23-13-10-19-8-6-7-9-21(19)26(23)28(4,5)27(2,3)24(22)17-20/h6-17H,1-5H3. The minimum absolute atomic E-state index is 0.00511. The Morgan fingerprint density at radius 1 is 0.724 bits per heavy atom. The minimum Gasteiger partial charge on any atom is -0.256 e. The molecule has 0 atom stereocenters. The molecule has 29 heavy (non-hydrogen) atoms. The SMILES string of the molecule is Cc1ccnc(-c2ccc3c(c2)C(C)(C)C(C)(C)c2c-3ccc3ccccc23)c1. The maximum atomic E-state index is 4.63. The first kappa shape index (κ1) is 18.1. The number of aryl methyl sites for hydroxylation is 1. The number of pyridine rings is 1. The summed E-state index contributed by atoms with van der Waals surface area (Å²) in [5.41, 5.74) is 9.06. The number of aromatic nitrogens is 1. The van der Waals surface area contributed by atoms with Crippen molar-refractivity contribution in [3.05, 3.63) is 89.6 Å². The molecule has 0 spiro atoms. The van der Waals surface area contributed by atoms with Gasteiger partial charge in [0.15, 0.2) is 0 Å². The molecule has 5 rings (SSSR count). The van der Waals surface area contributed by atoms with Gasteiger partial charge in [-0.15, -0.1) is 0 Å². The molecule has 4 aromatic rings. The van der Waals surface area contributed by atoms with E-state index in [1.165, 1.54) is 44.2 Å². The molecule has 1 aromatic heterocycles. The van der Waals surface area contributed by atoms with Gasteiger partial charge in [-0.05, 0) is 69.1 Å². The first-order valence-corrected chi connectivity index (χ1v) is 10.4. The van der Waals surface area contributed by atoms with E-state index in [4.69, 9.17) is 0 Å². The molecule has 0 radical (unpaired) electrons. The molecule has 0 amide bonds. The highest BCUT2D eigenvalue weighted by molar-refractivity contribution is 5.95. The molecule has 1 nitrogen and oxygen atoms in total. The molecule has 0 N–H and O–H groups in total. The van der Waals surface area contributed by atoms with Gasteiger partial charge in [0.25, 0.3) is 0 Å². The van der Waals surface area contributed by atoms with Crippen molar-refractivity contribution >= 4 is 10.8 Å². The molecular formula is C28H27N. The van der Waals surface area contributed by atoms with Crippen LogP contribution in [0.25, 0.3) is 33.2 Å². The molecule has 1 aliphatic carbocycles. The van der Waals surface area contributed by atoms with E-state index >= 15 is 0 Å². The second kappa shape index (κ2) is 6.03. The fourth-order valence-corrected chi connectivity index (χ4v) is 4.97. The lowest BCUT2D eigenvalue weighted by atomic mass is 9.54. The topological polar surface area (TPSA) is 12.9 Å². The summed E-state index contributed by atoms with van der Waals surface area (Å²) in [5, 5.41) is 2.69. The van der Waals surface area contributed by atoms with Crippen molar-refractivity contribution < 1.29 is 0 Å². The van der Waals surface area contributed by atoms with Crippen LogP contribution in [0.2, 0.25) is 0 Å². The van der Waals surface area contributed by atoms with Gasteiger partial charge < -0.3 is 0 Å². The Balaban J connectivity index is 1.83. The summed E-state index contributed by atoms with van der Waals surface area (Å²) in [6, 6.07) is 24.5. The van der Waals surface area contributed by atoms with Crippen LogP contribution in [0.3, 0.4) is 0 Å². The molecule has 0 bridgehead atoms. The zero-order chi connectivity index (χ0) is 20.4. The van der Waals surface area contributed by atoms with Crippen molar-refractivity contribution in [1.82, 2.24) is 4.98 Å². The van der Waals surface area contributed by atoms with Gasteiger partial charge in [-0.25, -0.2) is 0 Å². The van der Waals surface area contributed by atoms with E-state index in [0.29, 0.717) is 0 Å². The predicted octanol–water partition coefficient (Wildman–Crippen LogP) is 7.45. The summed E-state index contributed by atoms with van der Waals surface area (Å²) in [6.07, 6.45) is 1.90. The highest BCUT2D eigenvalue weighted by Gasteiger charge is 2.46. The average molecular weight is 378 g/mol. The Labute approximate surface area is 173 Å². The normalized spacial score (nSPS) is 16.3. The lowest BCUT2D eigenvalue weighted by Gasteiger charge is -2.49. The first-order valence-electron chi connectivity index (χ1n) is 10.4. The number of fused-ring (bicyclic) bond motifs is 5. The molecule has 0 saturated carbocycles. The van der Waals surface area contributed by atoms with Gasteiger partial charge in [-0.1, -0.05) is 76.2 Å². The number of nitrogens with zero attached hydrogens (tertiary/aromatic N) is 1. The highest BCUT2D eigenvalue weighted by atomic mass is 14.7.